The average molecular weight is 605 g/mol. The number of aryl methyl sites for hydroxylation is 1. The number of carbonyl (C=O) groups is 3. The van der Waals surface area contributed by atoms with Crippen LogP contribution in [0.3, 0.4) is 0 Å². The quantitative estimate of drug-likeness (QED) is 0.129. The minimum absolute atomic E-state index is 0.114. The van der Waals surface area contributed by atoms with E-state index in [1.54, 1.807) is 6.21 Å². The van der Waals surface area contributed by atoms with E-state index in [4.69, 9.17) is 11.6 Å². The molecule has 1 saturated heterocycles. The van der Waals surface area contributed by atoms with Crippen LogP contribution in [0.25, 0.3) is 0 Å². The molecule has 0 saturated carbocycles. The van der Waals surface area contributed by atoms with Crippen molar-refractivity contribution in [3.8, 4) is 0 Å². The van der Waals surface area contributed by atoms with Crippen LogP contribution in [0.5, 0.6) is 0 Å². The topological polar surface area (TPSA) is 122 Å². The van der Waals surface area contributed by atoms with Crippen LogP contribution in [0.4, 0.5) is 11.4 Å². The Kier molecular flexibility index (Phi) is 6.62. The molecule has 1 heterocycles. The van der Waals surface area contributed by atoms with Gasteiger partial charge >= 0.3 is 0 Å². The van der Waals surface area contributed by atoms with Crippen LogP contribution in [0, 0.1) is 22.0 Å². The summed E-state index contributed by atoms with van der Waals surface area (Å²) in [7, 11) is 0. The standard InChI is InChI=1S/C34H25ClN4O5/c35-21-15-16-26(27(18-21)39(43)44)38-32(41)30-29-22-10-4-6-12-24(22)34(31(30)33(38)42,25-13-7-5-11-23(25)29)19-36-37-28(40)17-14-20-8-2-1-3-9-20/h1-13,15-16,18-19,29-31H,14,17H2,(H,37,40)/b36-19-/t29?,30-,31+,34?/m1/s1. The predicted octanol–water partition coefficient (Wildman–Crippen LogP) is 5.53. The minimum atomic E-state index is -1.22. The van der Waals surface area contributed by atoms with Crippen molar-refractivity contribution in [2.45, 2.75) is 24.2 Å². The van der Waals surface area contributed by atoms with Crippen molar-refractivity contribution in [3.05, 3.63) is 140 Å². The van der Waals surface area contributed by atoms with Gasteiger partial charge in [0, 0.05) is 29.6 Å². The number of nitrogens with zero attached hydrogens (tertiary/aromatic N) is 3. The van der Waals surface area contributed by atoms with E-state index in [9.17, 15) is 24.5 Å². The summed E-state index contributed by atoms with van der Waals surface area (Å²) in [6.45, 7) is 0. The summed E-state index contributed by atoms with van der Waals surface area (Å²) in [6, 6.07) is 28.8. The monoisotopic (exact) mass is 604 g/mol. The molecule has 1 aliphatic heterocycles. The molecule has 3 amide bonds. The first kappa shape index (κ1) is 27.7. The van der Waals surface area contributed by atoms with Crippen molar-refractivity contribution in [3.63, 3.8) is 0 Å². The van der Waals surface area contributed by atoms with Crippen LogP contribution < -0.4 is 10.3 Å². The second-order valence-corrected chi connectivity index (χ2v) is 11.6. The van der Waals surface area contributed by atoms with Gasteiger partial charge in [-0.2, -0.15) is 5.10 Å². The summed E-state index contributed by atoms with van der Waals surface area (Å²) in [5, 5.41) is 16.5. The van der Waals surface area contributed by atoms with E-state index in [1.807, 2.05) is 78.9 Å². The Morgan fingerprint density at radius 1 is 0.932 bits per heavy atom. The smallest absolute Gasteiger partial charge is 0.274 e. The SMILES string of the molecule is O=C(CCc1ccccc1)N/N=C\C12c3ccccc3C(c3ccccc31)[C@H]1C(=O)N(c3ccc(Cl)cc3[N+](=O)[O-])C(=O)[C@H]12. The zero-order valence-electron chi connectivity index (χ0n) is 23.2. The van der Waals surface area contributed by atoms with Gasteiger partial charge < -0.3 is 0 Å². The first-order valence-electron chi connectivity index (χ1n) is 14.2. The third kappa shape index (κ3) is 4.07. The highest BCUT2D eigenvalue weighted by molar-refractivity contribution is 6.31. The van der Waals surface area contributed by atoms with E-state index < -0.39 is 45.6 Å². The Morgan fingerprint density at radius 2 is 1.57 bits per heavy atom. The van der Waals surface area contributed by atoms with E-state index in [2.05, 4.69) is 10.5 Å². The van der Waals surface area contributed by atoms with Gasteiger partial charge in [-0.05, 0) is 46.4 Å². The number of hydrogen-bond donors (Lipinski definition) is 1. The Morgan fingerprint density at radius 3 is 2.23 bits per heavy atom. The predicted molar refractivity (Wildman–Crippen MR) is 164 cm³/mol. The zero-order valence-corrected chi connectivity index (χ0v) is 24.0. The molecule has 10 heteroatoms. The Bertz CT molecular complexity index is 1840. The Hall–Kier alpha value is -5.15. The van der Waals surface area contributed by atoms with Gasteiger partial charge in [0.25, 0.3) is 5.69 Å². The number of nitro benzene ring substituents is 1. The fourth-order valence-electron chi connectivity index (χ4n) is 7.28. The molecule has 0 unspecified atom stereocenters. The Balaban J connectivity index is 1.34. The maximum atomic E-state index is 14.5. The molecule has 2 bridgehead atoms. The number of carbonyl (C=O) groups excluding carboxylic acids is 3. The largest absolute Gasteiger partial charge is 0.294 e. The molecule has 3 aliphatic carbocycles. The lowest BCUT2D eigenvalue weighted by Gasteiger charge is -2.52. The summed E-state index contributed by atoms with van der Waals surface area (Å²) in [5.41, 5.74) is 5.24. The minimum Gasteiger partial charge on any atom is -0.274 e. The Labute approximate surface area is 257 Å². The van der Waals surface area contributed by atoms with Gasteiger partial charge in [-0.3, -0.25) is 24.5 Å². The van der Waals surface area contributed by atoms with Crippen LogP contribution >= 0.6 is 11.6 Å². The lowest BCUT2D eigenvalue weighted by atomic mass is 9.47. The molecule has 1 N–H and O–H groups in total. The zero-order chi connectivity index (χ0) is 30.6. The molecule has 8 rings (SSSR count). The van der Waals surface area contributed by atoms with Crippen molar-refractivity contribution in [2.75, 3.05) is 4.90 Å². The number of hydrazone groups is 1. The van der Waals surface area contributed by atoms with Crippen LogP contribution in [0.1, 0.15) is 40.2 Å². The third-order valence-electron chi connectivity index (χ3n) is 9.00. The molecule has 4 aromatic rings. The molecule has 4 aromatic carbocycles. The van der Waals surface area contributed by atoms with Crippen LogP contribution in [-0.2, 0) is 26.2 Å². The molecule has 0 aromatic heterocycles. The van der Waals surface area contributed by atoms with Gasteiger partial charge in [-0.1, -0.05) is 90.5 Å². The van der Waals surface area contributed by atoms with Crippen molar-refractivity contribution >= 4 is 46.9 Å². The average Bonchev–Trinajstić information content (AvgIpc) is 3.31. The molecule has 0 spiro atoms. The molecule has 4 aliphatic rings. The van der Waals surface area contributed by atoms with Gasteiger partial charge in [0.1, 0.15) is 5.69 Å². The van der Waals surface area contributed by atoms with E-state index in [1.165, 1.54) is 12.1 Å². The number of rotatable bonds is 7. The highest BCUT2D eigenvalue weighted by Crippen LogP contribution is 2.64. The highest BCUT2D eigenvalue weighted by atomic mass is 35.5. The van der Waals surface area contributed by atoms with E-state index >= 15 is 0 Å². The molecule has 44 heavy (non-hydrogen) atoms. The fraction of sp³-hybridized carbons (Fsp3) is 0.176. The fourth-order valence-corrected chi connectivity index (χ4v) is 7.45. The second kappa shape index (κ2) is 10.5. The molecule has 0 radical (unpaired) electrons. The molecular formula is C34H25ClN4O5. The number of imide groups is 1. The van der Waals surface area contributed by atoms with Crippen molar-refractivity contribution in [1.29, 1.82) is 0 Å². The van der Waals surface area contributed by atoms with Gasteiger partial charge in [0.05, 0.1) is 22.2 Å². The van der Waals surface area contributed by atoms with Crippen LogP contribution in [0.2, 0.25) is 5.02 Å². The molecule has 218 valence electrons. The lowest BCUT2D eigenvalue weighted by Crippen LogP contribution is -2.54. The summed E-state index contributed by atoms with van der Waals surface area (Å²) in [6.07, 6.45) is 2.32. The van der Waals surface area contributed by atoms with Crippen molar-refractivity contribution in [2.24, 2.45) is 16.9 Å². The number of benzene rings is 4. The first-order valence-corrected chi connectivity index (χ1v) is 14.6. The number of nitro groups is 1. The van der Waals surface area contributed by atoms with Crippen LogP contribution in [0.15, 0.2) is 102 Å². The number of amides is 3. The molecule has 2 atom stereocenters. The normalized spacial score (nSPS) is 22.9. The second-order valence-electron chi connectivity index (χ2n) is 11.2. The van der Waals surface area contributed by atoms with E-state index in [-0.39, 0.29) is 23.0 Å². The highest BCUT2D eigenvalue weighted by Gasteiger charge is 2.68. The van der Waals surface area contributed by atoms with Crippen molar-refractivity contribution < 1.29 is 19.3 Å². The van der Waals surface area contributed by atoms with Gasteiger partial charge in [-0.15, -0.1) is 0 Å². The number of halogens is 1. The van der Waals surface area contributed by atoms with Gasteiger partial charge in [0.15, 0.2) is 0 Å². The maximum Gasteiger partial charge on any atom is 0.294 e. The van der Waals surface area contributed by atoms with Crippen molar-refractivity contribution in [1.82, 2.24) is 5.43 Å². The van der Waals surface area contributed by atoms with E-state index in [0.29, 0.717) is 6.42 Å². The first-order chi connectivity index (χ1) is 21.3. The maximum absolute atomic E-state index is 14.5. The molecular weight excluding hydrogens is 580 g/mol. The number of nitrogens with one attached hydrogen (secondary N) is 1. The van der Waals surface area contributed by atoms with E-state index in [0.717, 1.165) is 38.8 Å². The number of anilines is 1. The third-order valence-corrected chi connectivity index (χ3v) is 9.23. The van der Waals surface area contributed by atoms with Gasteiger partial charge in [-0.25, -0.2) is 10.3 Å². The summed E-state index contributed by atoms with van der Waals surface area (Å²) in [4.78, 5) is 53.9. The van der Waals surface area contributed by atoms with Crippen LogP contribution in [-0.4, -0.2) is 28.9 Å². The summed E-state index contributed by atoms with van der Waals surface area (Å²) in [5.74, 6) is -3.63. The lowest BCUT2D eigenvalue weighted by molar-refractivity contribution is -0.384. The molecule has 9 nitrogen and oxygen atoms in total. The summed E-state index contributed by atoms with van der Waals surface area (Å²) >= 11 is 6.06. The van der Waals surface area contributed by atoms with Gasteiger partial charge in [0.2, 0.25) is 17.7 Å². The summed E-state index contributed by atoms with van der Waals surface area (Å²) < 4.78 is 0. The number of hydrogen-bond acceptors (Lipinski definition) is 6. The molecule has 1 fully saturated rings.